The molecule has 0 unspecified atom stereocenters. The van der Waals surface area contributed by atoms with Crippen LogP contribution in [0, 0.1) is 0 Å². The molecule has 0 radical (unpaired) electrons. The summed E-state index contributed by atoms with van der Waals surface area (Å²) >= 11 is 0. The van der Waals surface area contributed by atoms with E-state index in [-0.39, 0.29) is 18.5 Å². The quantitative estimate of drug-likeness (QED) is 0.253. The van der Waals surface area contributed by atoms with Gasteiger partial charge in [-0.3, -0.25) is 4.79 Å². The number of benzene rings is 2. The minimum absolute atomic E-state index is 0.00133. The highest BCUT2D eigenvalue weighted by atomic mass is 19.4. The van der Waals surface area contributed by atoms with Crippen molar-refractivity contribution in [2.45, 2.75) is 38.5 Å². The van der Waals surface area contributed by atoms with Crippen molar-refractivity contribution in [3.05, 3.63) is 78.3 Å². The molecule has 236 valence electrons. The Hall–Kier alpha value is -4.98. The van der Waals surface area contributed by atoms with Crippen LogP contribution in [0.4, 0.5) is 24.7 Å². The van der Waals surface area contributed by atoms with Crippen molar-refractivity contribution < 1.29 is 32.2 Å². The summed E-state index contributed by atoms with van der Waals surface area (Å²) in [4.78, 5) is 17.0. The molecule has 45 heavy (non-hydrogen) atoms. The van der Waals surface area contributed by atoms with Crippen molar-refractivity contribution in [3.8, 4) is 17.2 Å². The summed E-state index contributed by atoms with van der Waals surface area (Å²) in [5.74, 6) is 0.529. The number of pyridine rings is 1. The van der Waals surface area contributed by atoms with Crippen molar-refractivity contribution in [1.82, 2.24) is 25.1 Å². The van der Waals surface area contributed by atoms with E-state index in [0.29, 0.717) is 45.7 Å². The molecule has 1 fully saturated rings. The molecule has 0 spiro atoms. The maximum atomic E-state index is 13.5. The molecule has 0 bridgehead atoms. The van der Waals surface area contributed by atoms with Crippen LogP contribution in [-0.2, 0) is 16.1 Å². The Balaban J connectivity index is 1.31. The molecule has 0 saturated carbocycles. The van der Waals surface area contributed by atoms with Gasteiger partial charge in [0.1, 0.15) is 28.4 Å². The highest BCUT2D eigenvalue weighted by Gasteiger charge is 2.45. The molecule has 2 N–H and O–H groups in total. The summed E-state index contributed by atoms with van der Waals surface area (Å²) in [7, 11) is 1.62. The maximum absolute atomic E-state index is 13.5. The summed E-state index contributed by atoms with van der Waals surface area (Å²) in [5.41, 5.74) is 1.60. The second-order valence-corrected chi connectivity index (χ2v) is 10.7. The number of rotatable bonds is 9. The number of aromatic nitrogens is 3. The van der Waals surface area contributed by atoms with Gasteiger partial charge in [-0.05, 0) is 68.3 Å². The number of halogens is 3. The lowest BCUT2D eigenvalue weighted by Crippen LogP contribution is -2.49. The van der Waals surface area contributed by atoms with Crippen LogP contribution in [0.3, 0.4) is 0 Å². The summed E-state index contributed by atoms with van der Waals surface area (Å²) < 4.78 is 59.1. The van der Waals surface area contributed by atoms with E-state index in [0.717, 1.165) is 42.3 Å². The summed E-state index contributed by atoms with van der Waals surface area (Å²) in [6.45, 7) is 3.56. The molecule has 2 aromatic carbocycles. The number of anilines is 2. The first kappa shape index (κ1) is 30.1. The average Bonchev–Trinajstić information content (AvgIpc) is 3.62. The Labute approximate surface area is 257 Å². The lowest BCUT2D eigenvalue weighted by molar-refractivity contribution is -0.173. The number of methoxy groups -OCH3 is 1. The molecule has 0 aliphatic carbocycles. The molecule has 11 nitrogen and oxygen atoms in total. The van der Waals surface area contributed by atoms with Gasteiger partial charge in [0.05, 0.1) is 25.5 Å². The normalized spacial score (nSPS) is 16.7. The molecule has 6 rings (SSSR count). The number of amides is 1. The second kappa shape index (κ2) is 12.6. The van der Waals surface area contributed by atoms with Gasteiger partial charge in [-0.1, -0.05) is 12.1 Å². The molecule has 14 heteroatoms. The molecular weight excluding hydrogens is 591 g/mol. The number of piperidine rings is 1. The number of nitrogens with one attached hydrogen (secondary N) is 2. The van der Waals surface area contributed by atoms with Crippen LogP contribution in [-0.4, -0.2) is 64.8 Å². The number of hydrogen-bond donors (Lipinski definition) is 2. The van der Waals surface area contributed by atoms with Crippen LogP contribution in [0.2, 0.25) is 0 Å². The smallest absolute Gasteiger partial charge is 0.473 e. The number of carbonyl (C=O) groups is 1. The van der Waals surface area contributed by atoms with Crippen molar-refractivity contribution in [3.63, 3.8) is 0 Å². The highest BCUT2D eigenvalue weighted by Crippen LogP contribution is 2.36. The second-order valence-electron chi connectivity index (χ2n) is 10.7. The number of alkyl halides is 3. The lowest BCUT2D eigenvalue weighted by atomic mass is 10.1. The fraction of sp³-hybridized carbons (Fsp3) is 0.323. The number of fused-ring (bicyclic) bond motifs is 1. The predicted octanol–water partition coefficient (Wildman–Crippen LogP) is 5.41. The summed E-state index contributed by atoms with van der Waals surface area (Å²) in [5, 5.41) is 14.1. The van der Waals surface area contributed by atoms with E-state index in [1.54, 1.807) is 31.0 Å². The van der Waals surface area contributed by atoms with Gasteiger partial charge in [-0.2, -0.15) is 18.3 Å². The molecule has 2 aromatic heterocycles. The molecule has 4 heterocycles. The van der Waals surface area contributed by atoms with Gasteiger partial charge in [0.15, 0.2) is 18.2 Å². The van der Waals surface area contributed by atoms with Crippen LogP contribution < -0.4 is 25.1 Å². The first-order chi connectivity index (χ1) is 21.7. The molecule has 2 aliphatic heterocycles. The monoisotopic (exact) mass is 623 g/mol. The van der Waals surface area contributed by atoms with Crippen LogP contribution >= 0.6 is 0 Å². The van der Waals surface area contributed by atoms with Gasteiger partial charge in [0.2, 0.25) is 0 Å². The fourth-order valence-corrected chi connectivity index (χ4v) is 5.29. The van der Waals surface area contributed by atoms with E-state index in [2.05, 4.69) is 15.6 Å². The number of hydrogen-bond acceptors (Lipinski definition) is 9. The number of ether oxygens (including phenoxy) is 3. The van der Waals surface area contributed by atoms with Gasteiger partial charge >= 0.3 is 12.1 Å². The van der Waals surface area contributed by atoms with E-state index in [4.69, 9.17) is 19.3 Å². The topological polar surface area (TPSA) is 106 Å². The Bertz CT molecular complexity index is 1680. The standard InChI is InChI=1S/C31H32F3N7O4/c1-20-17-39(19-44-20)41(30(42)31(32,33)34)23-7-11-25(12-8-23)45-26-13-15-36-29-27(26)28(37-22-4-3-14-35-16-22)38-40(29)18-21-5-9-24(43-2)10-6-21/h5-13,15,17,22,35H,3-4,14,16,18-19H2,1-2H3,(H,37,38)/t22-/m1/s1. The molecule has 2 aliphatic rings. The van der Waals surface area contributed by atoms with Crippen LogP contribution in [0.25, 0.3) is 11.0 Å². The van der Waals surface area contributed by atoms with Crippen LogP contribution in [0.5, 0.6) is 17.2 Å². The van der Waals surface area contributed by atoms with E-state index in [1.807, 2.05) is 24.3 Å². The third-order valence-electron chi connectivity index (χ3n) is 7.48. The molecule has 4 aromatic rings. The fourth-order valence-electron chi connectivity index (χ4n) is 5.29. The minimum atomic E-state index is -5.09. The Morgan fingerprint density at radius 1 is 1.13 bits per heavy atom. The first-order valence-electron chi connectivity index (χ1n) is 14.4. The van der Waals surface area contributed by atoms with Gasteiger partial charge in [-0.15, -0.1) is 0 Å². The number of nitrogens with zero attached hydrogens (tertiary/aromatic N) is 5. The lowest BCUT2D eigenvalue weighted by Gasteiger charge is -2.30. The third-order valence-corrected chi connectivity index (χ3v) is 7.48. The Morgan fingerprint density at radius 3 is 2.53 bits per heavy atom. The summed E-state index contributed by atoms with van der Waals surface area (Å²) in [6.07, 6.45) is -0.131. The number of hydrazine groups is 1. The zero-order valence-electron chi connectivity index (χ0n) is 24.7. The molecule has 1 saturated heterocycles. The molecule has 1 atom stereocenters. The van der Waals surface area contributed by atoms with Gasteiger partial charge in [0, 0.05) is 24.8 Å². The van der Waals surface area contributed by atoms with Gasteiger partial charge in [0.25, 0.3) is 0 Å². The van der Waals surface area contributed by atoms with Crippen LogP contribution in [0.1, 0.15) is 25.3 Å². The SMILES string of the molecule is COc1ccc(Cn2nc(N[C@@H]3CCCNC3)c3c(Oc4ccc(N(C(=O)C(F)(F)F)N5C=C(C)OC5)cc4)ccnc32)cc1. The van der Waals surface area contributed by atoms with Crippen LogP contribution in [0.15, 0.2) is 72.8 Å². The average molecular weight is 624 g/mol. The van der Waals surface area contributed by atoms with Crippen molar-refractivity contribution in [2.24, 2.45) is 0 Å². The van der Waals surface area contributed by atoms with E-state index in [9.17, 15) is 18.0 Å². The van der Waals surface area contributed by atoms with Gasteiger partial charge < -0.3 is 24.8 Å². The van der Waals surface area contributed by atoms with Crippen molar-refractivity contribution in [1.29, 1.82) is 0 Å². The number of allylic oxidation sites excluding steroid dienone is 1. The third kappa shape index (κ3) is 6.60. The van der Waals surface area contributed by atoms with Gasteiger partial charge in [-0.25, -0.2) is 19.7 Å². The Morgan fingerprint density at radius 2 is 1.89 bits per heavy atom. The molecular formula is C31H32F3N7O4. The summed E-state index contributed by atoms with van der Waals surface area (Å²) in [6, 6.07) is 15.4. The Kier molecular flexibility index (Phi) is 8.39. The number of carbonyl (C=O) groups excluding carboxylic acids is 1. The first-order valence-corrected chi connectivity index (χ1v) is 14.4. The minimum Gasteiger partial charge on any atom is -0.497 e. The van der Waals surface area contributed by atoms with E-state index < -0.39 is 12.1 Å². The van der Waals surface area contributed by atoms with E-state index >= 15 is 0 Å². The highest BCUT2D eigenvalue weighted by molar-refractivity contribution is 5.97. The predicted molar refractivity (Wildman–Crippen MR) is 161 cm³/mol. The zero-order valence-corrected chi connectivity index (χ0v) is 24.7. The largest absolute Gasteiger partial charge is 0.497 e. The van der Waals surface area contributed by atoms with Crippen molar-refractivity contribution in [2.75, 3.05) is 37.3 Å². The van der Waals surface area contributed by atoms with Crippen molar-refractivity contribution >= 4 is 28.4 Å². The maximum Gasteiger partial charge on any atom is 0.473 e. The zero-order chi connectivity index (χ0) is 31.6. The molecule has 1 amide bonds. The van der Waals surface area contributed by atoms with E-state index in [1.165, 1.54) is 30.5 Å².